The molecule has 0 unspecified atom stereocenters. The van der Waals surface area contributed by atoms with Crippen molar-refractivity contribution in [1.82, 2.24) is 30.4 Å². The Morgan fingerprint density at radius 1 is 1.02 bits per heavy atom. The molecular weight excluding hydrogens is 669 g/mol. The Morgan fingerprint density at radius 3 is 2.53 bits per heavy atom. The van der Waals surface area contributed by atoms with Gasteiger partial charge in [0.1, 0.15) is 11.5 Å². The summed E-state index contributed by atoms with van der Waals surface area (Å²) < 4.78 is 7.09. The van der Waals surface area contributed by atoms with E-state index in [-0.39, 0.29) is 35.6 Å². The zero-order valence-electron chi connectivity index (χ0n) is 30.9. The maximum absolute atomic E-state index is 13.0. The molecule has 0 saturated carbocycles. The summed E-state index contributed by atoms with van der Waals surface area (Å²) in [5.74, 6) is 1.14. The molecule has 2 atom stereocenters. The standard InChI is InChI=1S/C41H48N8O4/c1-5-39(51)49-26(2)20-37(36-8-6-7-9-38(36)49)43-32-10-12-34(13-11-32)48-25-33(44-46-48)14-17-42-41(52)30-15-18-47(19-16-30)24-29-21-31(23-35(50)22-29)40-27(3)45-53-28(40)4/h6-13,21-23,25-26,30,37,43,50H,5,14-20,24H2,1-4H3,(H,42,52)/t26-,37+/m0/s1. The number of hydrogen-bond donors (Lipinski definition) is 3. The Morgan fingerprint density at radius 2 is 1.79 bits per heavy atom. The summed E-state index contributed by atoms with van der Waals surface area (Å²) in [6.07, 6.45) is 5.36. The number of carbonyl (C=O) groups is 2. The predicted molar refractivity (Wildman–Crippen MR) is 204 cm³/mol. The fraction of sp³-hybridized carbons (Fsp3) is 0.390. The minimum Gasteiger partial charge on any atom is -0.508 e. The number of aromatic hydroxyl groups is 1. The highest BCUT2D eigenvalue weighted by Crippen LogP contribution is 2.39. The van der Waals surface area contributed by atoms with Crippen LogP contribution in [0.2, 0.25) is 0 Å². The van der Waals surface area contributed by atoms with Crippen molar-refractivity contribution in [2.75, 3.05) is 29.9 Å². The van der Waals surface area contributed by atoms with Crippen molar-refractivity contribution in [3.8, 4) is 22.6 Å². The third kappa shape index (κ3) is 7.97. The second kappa shape index (κ2) is 15.6. The third-order valence-electron chi connectivity index (χ3n) is 10.5. The minimum atomic E-state index is -0.0285. The van der Waals surface area contributed by atoms with E-state index in [1.54, 1.807) is 16.8 Å². The average Bonchev–Trinajstić information content (AvgIpc) is 3.77. The first-order chi connectivity index (χ1) is 25.7. The molecule has 276 valence electrons. The Labute approximate surface area is 310 Å². The Bertz CT molecular complexity index is 2040. The van der Waals surface area contributed by atoms with E-state index in [0.29, 0.717) is 25.9 Å². The van der Waals surface area contributed by atoms with Crippen LogP contribution in [0.4, 0.5) is 11.4 Å². The first-order valence-corrected chi connectivity index (χ1v) is 18.6. The number of anilines is 2. The van der Waals surface area contributed by atoms with E-state index >= 15 is 0 Å². The van der Waals surface area contributed by atoms with Gasteiger partial charge in [-0.1, -0.05) is 35.5 Å². The number of carbonyl (C=O) groups excluding carboxylic acids is 2. The highest BCUT2D eigenvalue weighted by Gasteiger charge is 2.33. The number of nitrogens with one attached hydrogen (secondary N) is 2. The van der Waals surface area contributed by atoms with Gasteiger partial charge in [0.15, 0.2) is 0 Å². The number of phenols is 1. The minimum absolute atomic E-state index is 0.0285. The molecule has 2 aliphatic heterocycles. The third-order valence-corrected chi connectivity index (χ3v) is 10.5. The van der Waals surface area contributed by atoms with Crippen LogP contribution in [0.1, 0.15) is 73.8 Å². The quantitative estimate of drug-likeness (QED) is 0.140. The van der Waals surface area contributed by atoms with E-state index in [1.807, 2.05) is 74.3 Å². The SMILES string of the molecule is CCC(=O)N1c2ccccc2[C@H](Nc2ccc(-n3cc(CCNC(=O)C4CCN(Cc5cc(O)cc(-c6c(C)noc6C)c5)CC4)nn3)cc2)C[C@@H]1C. The smallest absolute Gasteiger partial charge is 0.226 e. The number of benzene rings is 3. The van der Waals surface area contributed by atoms with Gasteiger partial charge in [-0.2, -0.15) is 0 Å². The van der Waals surface area contributed by atoms with E-state index in [2.05, 4.69) is 50.1 Å². The van der Waals surface area contributed by atoms with Gasteiger partial charge in [0, 0.05) is 54.8 Å². The molecule has 1 saturated heterocycles. The molecule has 12 heteroatoms. The number of likely N-dealkylation sites (tertiary alicyclic amines) is 1. The second-order valence-corrected chi connectivity index (χ2v) is 14.3. The molecule has 0 aliphatic carbocycles. The number of hydrogen-bond acceptors (Lipinski definition) is 9. The number of piperidine rings is 1. The predicted octanol–water partition coefficient (Wildman–Crippen LogP) is 6.50. The van der Waals surface area contributed by atoms with Gasteiger partial charge in [-0.3, -0.25) is 14.5 Å². The van der Waals surface area contributed by atoms with Crippen LogP contribution >= 0.6 is 0 Å². The fourth-order valence-electron chi connectivity index (χ4n) is 7.82. The van der Waals surface area contributed by atoms with E-state index in [1.165, 1.54) is 0 Å². The van der Waals surface area contributed by atoms with E-state index in [4.69, 9.17) is 4.52 Å². The Balaban J connectivity index is 0.871. The van der Waals surface area contributed by atoms with Crippen LogP contribution in [0.25, 0.3) is 16.8 Å². The van der Waals surface area contributed by atoms with E-state index in [9.17, 15) is 14.7 Å². The maximum Gasteiger partial charge on any atom is 0.226 e. The van der Waals surface area contributed by atoms with Crippen molar-refractivity contribution in [2.24, 2.45) is 5.92 Å². The molecule has 0 bridgehead atoms. The normalized spacial score (nSPS) is 17.8. The monoisotopic (exact) mass is 716 g/mol. The van der Waals surface area contributed by atoms with E-state index in [0.717, 1.165) is 88.8 Å². The van der Waals surface area contributed by atoms with Crippen molar-refractivity contribution in [3.63, 3.8) is 0 Å². The second-order valence-electron chi connectivity index (χ2n) is 14.3. The van der Waals surface area contributed by atoms with Crippen molar-refractivity contribution in [2.45, 2.75) is 78.4 Å². The molecule has 2 aromatic heterocycles. The van der Waals surface area contributed by atoms with Crippen LogP contribution in [-0.2, 0) is 22.6 Å². The molecule has 12 nitrogen and oxygen atoms in total. The van der Waals surface area contributed by atoms with Crippen molar-refractivity contribution in [3.05, 3.63) is 101 Å². The number of phenolic OH excluding ortho intramolecular Hbond substituents is 1. The van der Waals surface area contributed by atoms with Gasteiger partial charge in [0.05, 0.1) is 29.3 Å². The Hall–Kier alpha value is -5.49. The van der Waals surface area contributed by atoms with Gasteiger partial charge in [-0.05, 0) is 118 Å². The lowest BCUT2D eigenvalue weighted by molar-refractivity contribution is -0.126. The summed E-state index contributed by atoms with van der Waals surface area (Å²) in [6, 6.07) is 22.1. The largest absolute Gasteiger partial charge is 0.508 e. The summed E-state index contributed by atoms with van der Waals surface area (Å²) in [6.45, 7) is 10.6. The number of amides is 2. The lowest BCUT2D eigenvalue weighted by atomic mass is 9.91. The number of fused-ring (bicyclic) bond motifs is 1. The first-order valence-electron chi connectivity index (χ1n) is 18.6. The van der Waals surface area contributed by atoms with E-state index < -0.39 is 0 Å². The van der Waals surface area contributed by atoms with Crippen LogP contribution in [0.15, 0.2) is 77.4 Å². The molecule has 2 aliphatic rings. The van der Waals surface area contributed by atoms with Crippen LogP contribution in [0.3, 0.4) is 0 Å². The van der Waals surface area contributed by atoms with Crippen LogP contribution in [0, 0.1) is 19.8 Å². The average molecular weight is 717 g/mol. The molecular formula is C41H48N8O4. The molecule has 2 amide bonds. The number of nitrogens with zero attached hydrogens (tertiary/aromatic N) is 6. The topological polar surface area (TPSA) is 142 Å². The summed E-state index contributed by atoms with van der Waals surface area (Å²) in [7, 11) is 0. The van der Waals surface area contributed by atoms with Crippen molar-refractivity contribution in [1.29, 1.82) is 0 Å². The number of rotatable bonds is 11. The van der Waals surface area contributed by atoms with Gasteiger partial charge in [0.25, 0.3) is 0 Å². The molecule has 3 aromatic carbocycles. The number of aryl methyl sites for hydroxylation is 2. The van der Waals surface area contributed by atoms with Crippen LogP contribution < -0.4 is 15.5 Å². The molecule has 3 N–H and O–H groups in total. The molecule has 0 spiro atoms. The first kappa shape index (κ1) is 35.9. The van der Waals surface area contributed by atoms with Gasteiger partial charge in [-0.25, -0.2) is 4.68 Å². The van der Waals surface area contributed by atoms with Crippen molar-refractivity contribution < 1.29 is 19.2 Å². The number of para-hydroxylation sites is 1. The van der Waals surface area contributed by atoms with Gasteiger partial charge in [-0.15, -0.1) is 5.10 Å². The summed E-state index contributed by atoms with van der Waals surface area (Å²) in [4.78, 5) is 30.0. The summed E-state index contributed by atoms with van der Waals surface area (Å²) in [5, 5.41) is 29.9. The molecule has 5 aromatic rings. The lowest BCUT2D eigenvalue weighted by Crippen LogP contribution is -2.44. The summed E-state index contributed by atoms with van der Waals surface area (Å²) in [5.41, 5.74) is 8.43. The van der Waals surface area contributed by atoms with Gasteiger partial charge >= 0.3 is 0 Å². The highest BCUT2D eigenvalue weighted by atomic mass is 16.5. The summed E-state index contributed by atoms with van der Waals surface area (Å²) >= 11 is 0. The lowest BCUT2D eigenvalue weighted by Gasteiger charge is -2.40. The van der Waals surface area contributed by atoms with Crippen LogP contribution in [0.5, 0.6) is 5.75 Å². The fourth-order valence-corrected chi connectivity index (χ4v) is 7.82. The molecule has 7 rings (SSSR count). The van der Waals surface area contributed by atoms with Gasteiger partial charge < -0.3 is 25.2 Å². The van der Waals surface area contributed by atoms with Crippen LogP contribution in [-0.4, -0.2) is 67.6 Å². The molecule has 0 radical (unpaired) electrons. The van der Waals surface area contributed by atoms with Crippen molar-refractivity contribution >= 4 is 23.2 Å². The van der Waals surface area contributed by atoms with Gasteiger partial charge in [0.2, 0.25) is 11.8 Å². The molecule has 1 fully saturated rings. The molecule has 53 heavy (non-hydrogen) atoms. The number of aromatic nitrogens is 4. The maximum atomic E-state index is 13.0. The Kier molecular flexibility index (Phi) is 10.6. The highest BCUT2D eigenvalue weighted by molar-refractivity contribution is 5.95. The molecule has 4 heterocycles. The zero-order valence-corrected chi connectivity index (χ0v) is 30.9. The zero-order chi connectivity index (χ0) is 37.1.